The predicted molar refractivity (Wildman–Crippen MR) is 113 cm³/mol. The number of benzene rings is 2. The summed E-state index contributed by atoms with van der Waals surface area (Å²) in [6.07, 6.45) is 0.679. The normalized spacial score (nSPS) is 12.8. The van der Waals surface area contributed by atoms with Crippen LogP contribution in [0.25, 0.3) is 0 Å². The van der Waals surface area contributed by atoms with E-state index in [-0.39, 0.29) is 25.7 Å². The van der Waals surface area contributed by atoms with Crippen molar-refractivity contribution in [3.8, 4) is 0 Å². The monoisotopic (exact) mass is 434 g/mol. The lowest BCUT2D eigenvalue weighted by Gasteiger charge is -2.24. The lowest BCUT2D eigenvalue weighted by Crippen LogP contribution is -2.42. The Morgan fingerprint density at radius 1 is 1.07 bits per heavy atom. The molecular formula is C22H27ClN2O5. The highest BCUT2D eigenvalue weighted by Crippen LogP contribution is 2.16. The average molecular weight is 435 g/mol. The summed E-state index contributed by atoms with van der Waals surface area (Å²) in [6.45, 7) is 2.60. The second-order valence-electron chi connectivity index (χ2n) is 6.76. The van der Waals surface area contributed by atoms with Crippen molar-refractivity contribution in [1.29, 1.82) is 0 Å². The minimum atomic E-state index is -0.566. The van der Waals surface area contributed by atoms with E-state index < -0.39 is 17.9 Å². The molecule has 2 amide bonds. The van der Waals surface area contributed by atoms with Gasteiger partial charge in [0, 0.05) is 23.1 Å². The van der Waals surface area contributed by atoms with E-state index in [2.05, 4.69) is 5.32 Å². The van der Waals surface area contributed by atoms with Crippen LogP contribution in [0, 0.1) is 5.92 Å². The molecule has 0 aliphatic heterocycles. The molecule has 0 saturated carbocycles. The molecule has 30 heavy (non-hydrogen) atoms. The number of carbonyl (C=O) groups excluding carboxylic acids is 2. The molecule has 8 heteroatoms. The van der Waals surface area contributed by atoms with E-state index in [4.69, 9.17) is 21.1 Å². The van der Waals surface area contributed by atoms with Gasteiger partial charge >= 0.3 is 0 Å². The van der Waals surface area contributed by atoms with Crippen molar-refractivity contribution in [2.45, 2.75) is 25.8 Å². The fourth-order valence-corrected chi connectivity index (χ4v) is 3.11. The number of ether oxygens (including phenoxy) is 2. The highest BCUT2D eigenvalue weighted by Gasteiger charge is 2.25. The highest BCUT2D eigenvalue weighted by atomic mass is 35.5. The lowest BCUT2D eigenvalue weighted by atomic mass is 9.92. The van der Waals surface area contributed by atoms with Gasteiger partial charge in [-0.25, -0.2) is 5.48 Å². The zero-order valence-electron chi connectivity index (χ0n) is 16.8. The van der Waals surface area contributed by atoms with E-state index in [1.54, 1.807) is 29.7 Å². The van der Waals surface area contributed by atoms with Gasteiger partial charge in [0.1, 0.15) is 6.79 Å². The van der Waals surface area contributed by atoms with E-state index in [1.165, 1.54) is 0 Å². The van der Waals surface area contributed by atoms with E-state index in [0.717, 1.165) is 5.56 Å². The van der Waals surface area contributed by atoms with Crippen molar-refractivity contribution < 1.29 is 24.3 Å². The Bertz CT molecular complexity index is 786. The van der Waals surface area contributed by atoms with Crippen molar-refractivity contribution in [2.24, 2.45) is 5.92 Å². The van der Waals surface area contributed by atoms with Gasteiger partial charge in [0.05, 0.1) is 12.6 Å². The Morgan fingerprint density at radius 3 is 2.40 bits per heavy atom. The zero-order chi connectivity index (χ0) is 21.8. The summed E-state index contributed by atoms with van der Waals surface area (Å²) in [6, 6.07) is 15.5. The van der Waals surface area contributed by atoms with Gasteiger partial charge in [0.2, 0.25) is 5.91 Å². The molecule has 0 radical (unpaired) electrons. The number of carbonyl (C=O) groups is 2. The van der Waals surface area contributed by atoms with Crippen LogP contribution in [0.4, 0.5) is 0 Å². The maximum absolute atomic E-state index is 12.6. The Labute approximate surface area is 181 Å². The molecule has 0 aliphatic rings. The van der Waals surface area contributed by atoms with Gasteiger partial charge < -0.3 is 14.8 Å². The number of halogens is 1. The van der Waals surface area contributed by atoms with Gasteiger partial charge in [0.25, 0.3) is 5.91 Å². The Hall–Kier alpha value is -2.45. The van der Waals surface area contributed by atoms with Crippen LogP contribution >= 0.6 is 11.6 Å². The zero-order valence-corrected chi connectivity index (χ0v) is 17.6. The first-order chi connectivity index (χ1) is 14.5. The van der Waals surface area contributed by atoms with Crippen LogP contribution in [-0.4, -0.2) is 43.1 Å². The number of nitrogens with one attached hydrogen (secondary N) is 2. The molecule has 0 fully saturated rings. The van der Waals surface area contributed by atoms with Gasteiger partial charge in [-0.1, -0.05) is 41.9 Å². The largest absolute Gasteiger partial charge is 0.356 e. The van der Waals surface area contributed by atoms with Gasteiger partial charge in [-0.2, -0.15) is 0 Å². The molecular weight excluding hydrogens is 408 g/mol. The van der Waals surface area contributed by atoms with Gasteiger partial charge in [0.15, 0.2) is 0 Å². The molecule has 0 bridgehead atoms. The molecule has 2 aromatic rings. The van der Waals surface area contributed by atoms with Crippen LogP contribution in [0.1, 0.15) is 29.3 Å². The lowest BCUT2D eigenvalue weighted by molar-refractivity contribution is -0.134. The molecule has 2 atom stereocenters. The molecule has 7 nitrogen and oxygen atoms in total. The summed E-state index contributed by atoms with van der Waals surface area (Å²) in [7, 11) is 0. The molecule has 2 aromatic carbocycles. The highest BCUT2D eigenvalue weighted by molar-refractivity contribution is 6.30. The quantitative estimate of drug-likeness (QED) is 0.206. The van der Waals surface area contributed by atoms with Gasteiger partial charge in [-0.3, -0.25) is 14.8 Å². The fourth-order valence-electron chi connectivity index (χ4n) is 2.99. The first-order valence-corrected chi connectivity index (χ1v) is 10.1. The number of hydroxylamine groups is 1. The van der Waals surface area contributed by atoms with Crippen molar-refractivity contribution >= 4 is 23.4 Å². The fraction of sp³-hybridized carbons (Fsp3) is 0.364. The van der Waals surface area contributed by atoms with E-state index in [0.29, 0.717) is 23.6 Å². The number of rotatable bonds is 12. The number of hydrogen-bond acceptors (Lipinski definition) is 5. The van der Waals surface area contributed by atoms with Crippen LogP contribution in [-0.2, 0) is 20.7 Å². The molecule has 0 heterocycles. The Balaban J connectivity index is 2.10. The summed E-state index contributed by atoms with van der Waals surface area (Å²) in [5.41, 5.74) is 3.12. The minimum Gasteiger partial charge on any atom is -0.356 e. The summed E-state index contributed by atoms with van der Waals surface area (Å²) in [4.78, 5) is 24.9. The van der Waals surface area contributed by atoms with Crippen LogP contribution in [0.5, 0.6) is 0 Å². The first kappa shape index (κ1) is 23.8. The standard InChI is InChI=1S/C22H27ClN2O5/c1-2-29-15-30-14-20(24-21(26)17-8-10-19(23)11-9-17)13-18(22(27)25-28)12-16-6-4-3-5-7-16/h3-11,18,20,28H,2,12-15H2,1H3,(H,24,26)(H,25,27)/t18-,20-/m0/s1. The van der Waals surface area contributed by atoms with Crippen molar-refractivity contribution in [3.63, 3.8) is 0 Å². The molecule has 0 saturated heterocycles. The molecule has 0 unspecified atom stereocenters. The van der Waals surface area contributed by atoms with Crippen molar-refractivity contribution in [1.82, 2.24) is 10.8 Å². The summed E-state index contributed by atoms with van der Waals surface area (Å²) < 4.78 is 10.7. The maximum Gasteiger partial charge on any atom is 0.251 e. The molecule has 0 spiro atoms. The summed E-state index contributed by atoms with van der Waals surface area (Å²) in [5.74, 6) is -1.39. The van der Waals surface area contributed by atoms with Crippen LogP contribution < -0.4 is 10.8 Å². The Morgan fingerprint density at radius 2 is 1.77 bits per heavy atom. The van der Waals surface area contributed by atoms with Gasteiger partial charge in [-0.15, -0.1) is 0 Å². The average Bonchev–Trinajstić information content (AvgIpc) is 2.76. The van der Waals surface area contributed by atoms with Crippen LogP contribution in [0.3, 0.4) is 0 Å². The Kier molecular flexibility index (Phi) is 10.3. The van der Waals surface area contributed by atoms with Crippen molar-refractivity contribution in [2.75, 3.05) is 20.0 Å². The van der Waals surface area contributed by atoms with E-state index >= 15 is 0 Å². The van der Waals surface area contributed by atoms with Gasteiger partial charge in [-0.05, 0) is 49.6 Å². The molecule has 2 rings (SSSR count). The SMILES string of the molecule is CCOCOC[C@H](C[C@H](Cc1ccccc1)C(=O)NO)NC(=O)c1ccc(Cl)cc1. The number of amides is 2. The molecule has 0 aromatic heterocycles. The van der Waals surface area contributed by atoms with Crippen molar-refractivity contribution in [3.05, 3.63) is 70.7 Å². The maximum atomic E-state index is 12.6. The molecule has 3 N–H and O–H groups in total. The first-order valence-electron chi connectivity index (χ1n) is 9.73. The predicted octanol–water partition coefficient (Wildman–Crippen LogP) is 3.20. The summed E-state index contributed by atoms with van der Waals surface area (Å²) in [5, 5.41) is 12.6. The smallest absolute Gasteiger partial charge is 0.251 e. The van der Waals surface area contributed by atoms with Crippen LogP contribution in [0.2, 0.25) is 5.02 Å². The molecule has 0 aliphatic carbocycles. The number of hydrogen-bond donors (Lipinski definition) is 3. The van der Waals surface area contributed by atoms with Crippen LogP contribution in [0.15, 0.2) is 54.6 Å². The second kappa shape index (κ2) is 13.0. The molecule has 162 valence electrons. The second-order valence-corrected chi connectivity index (χ2v) is 7.19. The summed E-state index contributed by atoms with van der Waals surface area (Å²) >= 11 is 5.88. The topological polar surface area (TPSA) is 96.9 Å². The van der Waals surface area contributed by atoms with E-state index in [9.17, 15) is 14.8 Å². The third-order valence-electron chi connectivity index (χ3n) is 4.51. The third kappa shape index (κ3) is 8.12. The minimum absolute atomic E-state index is 0.0827. The third-order valence-corrected chi connectivity index (χ3v) is 4.76. The van der Waals surface area contributed by atoms with E-state index in [1.807, 2.05) is 37.3 Å².